The van der Waals surface area contributed by atoms with Gasteiger partial charge in [0.15, 0.2) is 0 Å². The summed E-state index contributed by atoms with van der Waals surface area (Å²) in [5.74, 6) is 3.61. The summed E-state index contributed by atoms with van der Waals surface area (Å²) in [6.45, 7) is 9.22. The highest BCUT2D eigenvalue weighted by Crippen LogP contribution is 2.41. The van der Waals surface area contributed by atoms with Gasteiger partial charge in [0.1, 0.15) is 0 Å². The fourth-order valence-electron chi connectivity index (χ4n) is 2.67. The SMILES string of the molecule is CC(C)CNCC(C)CCC1CSc2ccccc21. The number of hydrogen-bond donors (Lipinski definition) is 1. The Morgan fingerprint density at radius 1 is 1.21 bits per heavy atom. The maximum absolute atomic E-state index is 3.57. The molecule has 1 N–H and O–H groups in total. The fourth-order valence-corrected chi connectivity index (χ4v) is 3.98. The third kappa shape index (κ3) is 4.54. The number of benzene rings is 1. The molecule has 1 aromatic rings. The Kier molecular flexibility index (Phi) is 5.77. The van der Waals surface area contributed by atoms with Crippen molar-refractivity contribution in [3.8, 4) is 0 Å². The smallest absolute Gasteiger partial charge is 0.0107 e. The molecule has 0 aromatic heterocycles. The van der Waals surface area contributed by atoms with Crippen molar-refractivity contribution in [3.05, 3.63) is 29.8 Å². The van der Waals surface area contributed by atoms with Crippen LogP contribution in [0.4, 0.5) is 0 Å². The van der Waals surface area contributed by atoms with Crippen LogP contribution in [0.2, 0.25) is 0 Å². The van der Waals surface area contributed by atoms with Gasteiger partial charge < -0.3 is 5.32 Å². The number of fused-ring (bicyclic) bond motifs is 1. The van der Waals surface area contributed by atoms with Crippen molar-refractivity contribution in [2.75, 3.05) is 18.8 Å². The highest BCUT2D eigenvalue weighted by Gasteiger charge is 2.22. The molecule has 1 aliphatic rings. The fraction of sp³-hybridized carbons (Fsp3) is 0.647. The first-order valence-electron chi connectivity index (χ1n) is 7.59. The van der Waals surface area contributed by atoms with E-state index in [2.05, 4.69) is 50.4 Å². The van der Waals surface area contributed by atoms with Crippen LogP contribution >= 0.6 is 11.8 Å². The molecule has 1 nitrogen and oxygen atoms in total. The van der Waals surface area contributed by atoms with Gasteiger partial charge in [-0.05, 0) is 55.3 Å². The molecule has 2 atom stereocenters. The van der Waals surface area contributed by atoms with Crippen LogP contribution in [0.5, 0.6) is 0 Å². The minimum absolute atomic E-state index is 0.755. The van der Waals surface area contributed by atoms with Gasteiger partial charge in [-0.15, -0.1) is 11.8 Å². The maximum atomic E-state index is 3.57. The van der Waals surface area contributed by atoms with Crippen molar-refractivity contribution in [1.29, 1.82) is 0 Å². The molecule has 0 saturated carbocycles. The van der Waals surface area contributed by atoms with E-state index < -0.39 is 0 Å². The zero-order valence-corrected chi connectivity index (χ0v) is 13.3. The topological polar surface area (TPSA) is 12.0 Å². The summed E-state index contributed by atoms with van der Waals surface area (Å²) >= 11 is 2.03. The van der Waals surface area contributed by atoms with Crippen molar-refractivity contribution < 1.29 is 0 Å². The lowest BCUT2D eigenvalue weighted by Gasteiger charge is -2.16. The molecule has 0 bridgehead atoms. The molecular weight excluding hydrogens is 250 g/mol. The molecule has 0 spiro atoms. The van der Waals surface area contributed by atoms with Gasteiger partial charge in [0.25, 0.3) is 0 Å². The first kappa shape index (κ1) is 14.9. The minimum atomic E-state index is 0.755. The zero-order valence-electron chi connectivity index (χ0n) is 12.5. The normalized spacial score (nSPS) is 19.7. The van der Waals surface area contributed by atoms with Gasteiger partial charge >= 0.3 is 0 Å². The van der Waals surface area contributed by atoms with E-state index in [9.17, 15) is 0 Å². The van der Waals surface area contributed by atoms with E-state index in [1.165, 1.54) is 30.0 Å². The van der Waals surface area contributed by atoms with Crippen molar-refractivity contribution in [3.63, 3.8) is 0 Å². The van der Waals surface area contributed by atoms with E-state index in [0.717, 1.165) is 24.3 Å². The summed E-state index contributed by atoms with van der Waals surface area (Å²) in [6, 6.07) is 8.94. The number of nitrogens with one attached hydrogen (secondary N) is 1. The molecule has 2 rings (SSSR count). The molecule has 0 radical (unpaired) electrons. The molecule has 106 valence electrons. The van der Waals surface area contributed by atoms with E-state index in [1.54, 1.807) is 5.56 Å². The predicted octanol–water partition coefficient (Wildman–Crippen LogP) is 4.54. The Bertz CT molecular complexity index is 389. The largest absolute Gasteiger partial charge is 0.316 e. The highest BCUT2D eigenvalue weighted by atomic mass is 32.2. The first-order chi connectivity index (χ1) is 9.16. The molecule has 19 heavy (non-hydrogen) atoms. The zero-order chi connectivity index (χ0) is 13.7. The average Bonchev–Trinajstić information content (AvgIpc) is 2.79. The summed E-state index contributed by atoms with van der Waals surface area (Å²) in [4.78, 5) is 1.51. The van der Waals surface area contributed by atoms with Crippen LogP contribution < -0.4 is 5.32 Å². The third-order valence-electron chi connectivity index (χ3n) is 3.85. The van der Waals surface area contributed by atoms with Crippen molar-refractivity contribution in [2.24, 2.45) is 11.8 Å². The summed E-state index contributed by atoms with van der Waals surface area (Å²) in [6.07, 6.45) is 2.68. The van der Waals surface area contributed by atoms with Crippen LogP contribution in [-0.2, 0) is 0 Å². The molecular formula is C17H27NS. The molecule has 0 amide bonds. The second-order valence-electron chi connectivity index (χ2n) is 6.28. The summed E-state index contributed by atoms with van der Waals surface area (Å²) < 4.78 is 0. The van der Waals surface area contributed by atoms with E-state index in [-0.39, 0.29) is 0 Å². The van der Waals surface area contributed by atoms with Crippen molar-refractivity contribution in [2.45, 2.75) is 44.4 Å². The molecule has 0 fully saturated rings. The quantitative estimate of drug-likeness (QED) is 0.785. The van der Waals surface area contributed by atoms with Gasteiger partial charge in [-0.25, -0.2) is 0 Å². The van der Waals surface area contributed by atoms with Crippen LogP contribution in [-0.4, -0.2) is 18.8 Å². The summed E-state index contributed by atoms with van der Waals surface area (Å²) in [5, 5.41) is 3.57. The number of hydrogen-bond acceptors (Lipinski definition) is 2. The lowest BCUT2D eigenvalue weighted by molar-refractivity contribution is 0.432. The van der Waals surface area contributed by atoms with E-state index in [1.807, 2.05) is 11.8 Å². The van der Waals surface area contributed by atoms with Gasteiger partial charge in [-0.2, -0.15) is 0 Å². The monoisotopic (exact) mass is 277 g/mol. The Balaban J connectivity index is 1.72. The second kappa shape index (κ2) is 7.35. The minimum Gasteiger partial charge on any atom is -0.316 e. The Hall–Kier alpha value is -0.470. The summed E-state index contributed by atoms with van der Waals surface area (Å²) in [7, 11) is 0. The van der Waals surface area contributed by atoms with Gasteiger partial charge in [-0.1, -0.05) is 39.0 Å². The third-order valence-corrected chi connectivity index (χ3v) is 5.10. The van der Waals surface area contributed by atoms with E-state index >= 15 is 0 Å². The van der Waals surface area contributed by atoms with Crippen LogP contribution in [0.25, 0.3) is 0 Å². The van der Waals surface area contributed by atoms with Crippen LogP contribution in [0.15, 0.2) is 29.2 Å². The van der Waals surface area contributed by atoms with Crippen molar-refractivity contribution >= 4 is 11.8 Å². The lowest BCUT2D eigenvalue weighted by atomic mass is 9.92. The van der Waals surface area contributed by atoms with Crippen LogP contribution in [0.3, 0.4) is 0 Å². The standard InChI is InChI=1S/C17H27NS/c1-13(2)10-18-11-14(3)8-9-15-12-19-17-7-5-4-6-16(15)17/h4-7,13-15,18H,8-12H2,1-3H3. The van der Waals surface area contributed by atoms with E-state index in [0.29, 0.717) is 0 Å². The Labute approximate surface area is 122 Å². The Morgan fingerprint density at radius 2 is 2.00 bits per heavy atom. The molecule has 1 heterocycles. The van der Waals surface area contributed by atoms with Crippen LogP contribution in [0, 0.1) is 11.8 Å². The van der Waals surface area contributed by atoms with E-state index in [4.69, 9.17) is 0 Å². The first-order valence-corrected chi connectivity index (χ1v) is 8.57. The van der Waals surface area contributed by atoms with Crippen LogP contribution in [0.1, 0.15) is 45.1 Å². The lowest BCUT2D eigenvalue weighted by Crippen LogP contribution is -2.25. The van der Waals surface area contributed by atoms with Gasteiger partial charge in [-0.3, -0.25) is 0 Å². The molecule has 0 saturated heterocycles. The molecule has 1 aliphatic heterocycles. The highest BCUT2D eigenvalue weighted by molar-refractivity contribution is 7.99. The van der Waals surface area contributed by atoms with Gasteiger partial charge in [0.2, 0.25) is 0 Å². The maximum Gasteiger partial charge on any atom is 0.0107 e. The molecule has 0 aliphatic carbocycles. The Morgan fingerprint density at radius 3 is 2.79 bits per heavy atom. The van der Waals surface area contributed by atoms with Gasteiger partial charge in [0, 0.05) is 10.6 Å². The average molecular weight is 277 g/mol. The molecule has 2 heteroatoms. The summed E-state index contributed by atoms with van der Waals surface area (Å²) in [5.41, 5.74) is 1.59. The van der Waals surface area contributed by atoms with Crippen molar-refractivity contribution in [1.82, 2.24) is 5.32 Å². The van der Waals surface area contributed by atoms with Gasteiger partial charge in [0.05, 0.1) is 0 Å². The number of thioether (sulfide) groups is 1. The number of rotatable bonds is 7. The second-order valence-corrected chi connectivity index (χ2v) is 7.34. The molecule has 1 aromatic carbocycles. The predicted molar refractivity (Wildman–Crippen MR) is 86.0 cm³/mol. The molecule has 2 unspecified atom stereocenters.